The number of nitrogens with zero attached hydrogens (tertiary/aromatic N) is 1. The highest BCUT2D eigenvalue weighted by atomic mass is 35.5. The fourth-order valence-electron chi connectivity index (χ4n) is 0.878. The van der Waals surface area contributed by atoms with Gasteiger partial charge in [0.25, 0.3) is 5.96 Å². The molecule has 5 nitrogen and oxygen atoms in total. The van der Waals surface area contributed by atoms with Gasteiger partial charge in [-0.1, -0.05) is 0 Å². The molecule has 0 radical (unpaired) electrons. The summed E-state index contributed by atoms with van der Waals surface area (Å²) in [4.78, 5) is 5.87. The van der Waals surface area contributed by atoms with E-state index >= 15 is 0 Å². The van der Waals surface area contributed by atoms with Gasteiger partial charge in [-0.05, 0) is 12.1 Å². The van der Waals surface area contributed by atoms with Crippen LogP contribution in [0.3, 0.4) is 0 Å². The lowest BCUT2D eigenvalue weighted by atomic mass is 10.3. The lowest BCUT2D eigenvalue weighted by Gasteiger charge is -1.94. The predicted molar refractivity (Wildman–Crippen MR) is 52.0 cm³/mol. The van der Waals surface area contributed by atoms with Crippen LogP contribution in [0.5, 0.6) is 0 Å². The minimum Gasteiger partial charge on any atom is -1.00 e. The second-order valence-corrected chi connectivity index (χ2v) is 2.67. The number of benzene rings is 1. The van der Waals surface area contributed by atoms with Gasteiger partial charge in [-0.2, -0.15) is 0 Å². The first-order valence-electron chi connectivity index (χ1n) is 3.93. The molecule has 0 saturated carbocycles. The van der Waals surface area contributed by atoms with Crippen molar-refractivity contribution in [2.45, 2.75) is 0 Å². The zero-order valence-corrected chi connectivity index (χ0v) is 8.80. The Kier molecular flexibility index (Phi) is 5.17. The number of nitrogens with two attached hydrogens (primary N) is 3. The minimum absolute atomic E-state index is 0. The summed E-state index contributed by atoms with van der Waals surface area (Å²) < 4.78 is 25.6. The first-order chi connectivity index (χ1) is 6.99. The van der Waals surface area contributed by atoms with E-state index in [4.69, 9.17) is 17.2 Å². The number of aliphatic imine (C=N–C) groups is 1. The standard InChI is InChI=1S/C8H9F2N5.ClH/c9-4-1-2-6(5(10)3-4)14-8(13)15-7(11)12;/h1-3H,(H6,11,12,13,14,15);1H. The molecule has 0 saturated heterocycles. The molecule has 0 aliphatic carbocycles. The Labute approximate surface area is 96.5 Å². The number of guanidine groups is 2. The summed E-state index contributed by atoms with van der Waals surface area (Å²) in [6, 6.07) is 2.90. The first-order valence-corrected chi connectivity index (χ1v) is 3.93. The van der Waals surface area contributed by atoms with Gasteiger partial charge in [0.1, 0.15) is 11.5 Å². The maximum atomic E-state index is 13.0. The van der Waals surface area contributed by atoms with Crippen molar-refractivity contribution in [3.8, 4) is 0 Å². The third kappa shape index (κ3) is 4.09. The molecule has 0 heterocycles. The molecular formula is C8H10ClF2N5. The average molecular weight is 250 g/mol. The lowest BCUT2D eigenvalue weighted by molar-refractivity contribution is -0.320. The van der Waals surface area contributed by atoms with E-state index in [0.29, 0.717) is 6.07 Å². The summed E-state index contributed by atoms with van der Waals surface area (Å²) in [6.45, 7) is 0. The molecule has 7 N–H and O–H groups in total. The van der Waals surface area contributed by atoms with E-state index in [1.54, 1.807) is 0 Å². The van der Waals surface area contributed by atoms with Gasteiger partial charge in [-0.3, -0.25) is 0 Å². The maximum Gasteiger partial charge on any atom is 0.316 e. The highest BCUT2D eigenvalue weighted by Gasteiger charge is 2.05. The van der Waals surface area contributed by atoms with Crippen molar-refractivity contribution in [1.29, 1.82) is 0 Å². The van der Waals surface area contributed by atoms with Crippen LogP contribution in [0.2, 0.25) is 0 Å². The van der Waals surface area contributed by atoms with Gasteiger partial charge in [0.2, 0.25) is 0 Å². The summed E-state index contributed by atoms with van der Waals surface area (Å²) in [7, 11) is 0. The number of rotatable bonds is 1. The fraction of sp³-hybridized carbons (Fsp3) is 0. The highest BCUT2D eigenvalue weighted by molar-refractivity contribution is 5.79. The van der Waals surface area contributed by atoms with Crippen molar-refractivity contribution in [2.75, 3.05) is 0 Å². The van der Waals surface area contributed by atoms with Crippen LogP contribution in [-0.4, -0.2) is 11.9 Å². The second kappa shape index (κ2) is 5.86. The smallest absolute Gasteiger partial charge is 0.316 e. The Hall–Kier alpha value is -1.89. The zero-order chi connectivity index (χ0) is 11.4. The number of hydrogen-bond donors (Lipinski definition) is 4. The molecule has 0 aliphatic heterocycles. The van der Waals surface area contributed by atoms with Gasteiger partial charge in [-0.15, -0.1) is 4.99 Å². The quantitative estimate of drug-likeness (QED) is 0.297. The van der Waals surface area contributed by atoms with Gasteiger partial charge in [0, 0.05) is 6.07 Å². The van der Waals surface area contributed by atoms with Gasteiger partial charge >= 0.3 is 5.96 Å². The third-order valence-electron chi connectivity index (χ3n) is 1.42. The maximum absolute atomic E-state index is 13.0. The molecule has 0 aliphatic rings. The molecule has 0 aromatic heterocycles. The van der Waals surface area contributed by atoms with Crippen molar-refractivity contribution >= 4 is 17.6 Å². The number of hydrogen-bond acceptors (Lipinski definition) is 1. The molecule has 8 heteroatoms. The molecule has 1 aromatic carbocycles. The summed E-state index contributed by atoms with van der Waals surface area (Å²) in [6.07, 6.45) is 0. The molecule has 0 amide bonds. The van der Waals surface area contributed by atoms with Crippen molar-refractivity contribution in [3.05, 3.63) is 29.8 Å². The highest BCUT2D eigenvalue weighted by Crippen LogP contribution is 2.17. The normalized spacial score (nSPS) is 10.5. The van der Waals surface area contributed by atoms with Crippen LogP contribution in [-0.2, 0) is 0 Å². The molecule has 1 aromatic rings. The summed E-state index contributed by atoms with van der Waals surface area (Å²) in [5, 5.41) is 0. The molecule has 0 spiro atoms. The van der Waals surface area contributed by atoms with Gasteiger partial charge in [0.15, 0.2) is 5.82 Å². The minimum atomic E-state index is -0.824. The van der Waals surface area contributed by atoms with Crippen molar-refractivity contribution in [2.24, 2.45) is 22.2 Å². The van der Waals surface area contributed by atoms with E-state index in [9.17, 15) is 8.78 Å². The molecular weight excluding hydrogens is 240 g/mol. The Morgan fingerprint density at radius 3 is 2.31 bits per heavy atom. The molecule has 1 rings (SSSR count). The Morgan fingerprint density at radius 1 is 1.19 bits per heavy atom. The van der Waals surface area contributed by atoms with E-state index in [-0.39, 0.29) is 30.0 Å². The number of halogens is 3. The van der Waals surface area contributed by atoms with E-state index in [1.807, 2.05) is 0 Å². The average Bonchev–Trinajstić information content (AvgIpc) is 2.08. The molecule has 0 bridgehead atoms. The van der Waals surface area contributed by atoms with Crippen LogP contribution in [0.25, 0.3) is 0 Å². The largest absolute Gasteiger partial charge is 1.00 e. The summed E-state index contributed by atoms with van der Waals surface area (Å²) in [5.74, 6) is -1.86. The van der Waals surface area contributed by atoms with Crippen LogP contribution in [0.15, 0.2) is 23.2 Å². The number of nitrogens with one attached hydrogen (secondary N) is 1. The van der Waals surface area contributed by atoms with Crippen LogP contribution >= 0.6 is 0 Å². The van der Waals surface area contributed by atoms with E-state index in [0.717, 1.165) is 12.1 Å². The molecule has 16 heavy (non-hydrogen) atoms. The van der Waals surface area contributed by atoms with Crippen molar-refractivity contribution < 1.29 is 26.2 Å². The van der Waals surface area contributed by atoms with Crippen molar-refractivity contribution in [1.82, 2.24) is 0 Å². The van der Waals surface area contributed by atoms with Crippen LogP contribution < -0.4 is 34.6 Å². The first kappa shape index (κ1) is 14.1. The SMILES string of the molecule is NC(=Nc1ccc(F)cc1F)[NH+]=C(N)N.[Cl-]. The lowest BCUT2D eigenvalue weighted by Crippen LogP contribution is -3.00. The third-order valence-corrected chi connectivity index (χ3v) is 1.42. The van der Waals surface area contributed by atoms with Crippen LogP contribution in [0.1, 0.15) is 0 Å². The Balaban J connectivity index is 0.00000225. The molecule has 88 valence electrons. The topological polar surface area (TPSA) is 104 Å². The summed E-state index contributed by atoms with van der Waals surface area (Å²) in [5.41, 5.74) is 15.4. The zero-order valence-electron chi connectivity index (χ0n) is 8.05. The van der Waals surface area contributed by atoms with Crippen LogP contribution in [0.4, 0.5) is 14.5 Å². The van der Waals surface area contributed by atoms with E-state index in [1.165, 1.54) is 0 Å². The fourth-order valence-corrected chi connectivity index (χ4v) is 0.878. The van der Waals surface area contributed by atoms with E-state index in [2.05, 4.69) is 9.98 Å². The van der Waals surface area contributed by atoms with Gasteiger partial charge in [-0.25, -0.2) is 13.8 Å². The molecule has 0 fully saturated rings. The Bertz CT molecular complexity index is 428. The molecule has 0 atom stereocenters. The van der Waals surface area contributed by atoms with Gasteiger partial charge < -0.3 is 29.6 Å². The monoisotopic (exact) mass is 249 g/mol. The second-order valence-electron chi connectivity index (χ2n) is 2.67. The summed E-state index contributed by atoms with van der Waals surface area (Å²) >= 11 is 0. The predicted octanol–water partition coefficient (Wildman–Crippen LogP) is -4.73. The van der Waals surface area contributed by atoms with Crippen molar-refractivity contribution in [3.63, 3.8) is 0 Å². The van der Waals surface area contributed by atoms with E-state index < -0.39 is 11.6 Å². The van der Waals surface area contributed by atoms with Gasteiger partial charge in [0.05, 0.1) is 0 Å². The Morgan fingerprint density at radius 2 is 1.81 bits per heavy atom. The molecule has 0 unspecified atom stereocenters. The van der Waals surface area contributed by atoms with Crippen LogP contribution in [0, 0.1) is 11.6 Å².